The summed E-state index contributed by atoms with van der Waals surface area (Å²) in [5.74, 6) is -3.07. The number of carbonyl (C=O) groups excluding carboxylic acids is 4. The predicted molar refractivity (Wildman–Crippen MR) is 124 cm³/mol. The first-order valence-electron chi connectivity index (χ1n) is 10.6. The van der Waals surface area contributed by atoms with Crippen LogP contribution in [0.5, 0.6) is 0 Å². The van der Waals surface area contributed by atoms with Gasteiger partial charge in [0.15, 0.2) is 5.12 Å². The Morgan fingerprint density at radius 3 is 2.27 bits per heavy atom. The lowest BCUT2D eigenvalue weighted by Gasteiger charge is -2.32. The number of methoxy groups -OCH3 is 1. The van der Waals surface area contributed by atoms with Crippen molar-refractivity contribution < 1.29 is 33.8 Å². The highest BCUT2D eigenvalue weighted by Gasteiger charge is 2.33. The quantitative estimate of drug-likeness (QED) is 0.409. The molecule has 2 atom stereocenters. The van der Waals surface area contributed by atoms with Gasteiger partial charge in [0.1, 0.15) is 12.1 Å². The van der Waals surface area contributed by atoms with Gasteiger partial charge in [-0.2, -0.15) is 0 Å². The molecule has 0 radical (unpaired) electrons. The maximum Gasteiger partial charge on any atom is 0.326 e. The number of nitrogens with one attached hydrogen (secondary N) is 1. The van der Waals surface area contributed by atoms with Gasteiger partial charge >= 0.3 is 11.9 Å². The lowest BCUT2D eigenvalue weighted by Crippen LogP contribution is -2.55. The number of ether oxygens (including phenoxy) is 1. The smallest absolute Gasteiger partial charge is 0.326 e. The van der Waals surface area contributed by atoms with E-state index in [4.69, 9.17) is 0 Å². The number of carboxylic acid groups (broad SMARTS) is 1. The molecule has 0 aliphatic heterocycles. The summed E-state index contributed by atoms with van der Waals surface area (Å²) in [7, 11) is 1.22. The third-order valence-electron chi connectivity index (χ3n) is 4.77. The molecule has 0 bridgehead atoms. The summed E-state index contributed by atoms with van der Waals surface area (Å²) in [5, 5.41) is 11.9. The van der Waals surface area contributed by atoms with Crippen LogP contribution in [0, 0.1) is 5.92 Å². The van der Waals surface area contributed by atoms with Crippen LogP contribution in [-0.4, -0.2) is 70.4 Å². The molecule has 0 aromatic heterocycles. The van der Waals surface area contributed by atoms with Gasteiger partial charge in [0, 0.05) is 19.9 Å². The molecule has 0 fully saturated rings. The first-order chi connectivity index (χ1) is 15.5. The van der Waals surface area contributed by atoms with Crippen LogP contribution in [0.3, 0.4) is 0 Å². The maximum atomic E-state index is 13.2. The van der Waals surface area contributed by atoms with Gasteiger partial charge in [-0.1, -0.05) is 55.9 Å². The fourth-order valence-corrected chi connectivity index (χ4v) is 3.65. The average molecular weight is 481 g/mol. The highest BCUT2D eigenvalue weighted by molar-refractivity contribution is 8.14. The minimum atomic E-state index is -1.20. The molecule has 0 aliphatic carbocycles. The van der Waals surface area contributed by atoms with E-state index < -0.39 is 35.8 Å². The predicted octanol–water partition coefficient (Wildman–Crippen LogP) is 1.88. The molecule has 0 saturated carbocycles. The highest BCUT2D eigenvalue weighted by atomic mass is 32.2. The van der Waals surface area contributed by atoms with E-state index in [0.29, 0.717) is 0 Å². The first-order valence-corrected chi connectivity index (χ1v) is 11.6. The summed E-state index contributed by atoms with van der Waals surface area (Å²) < 4.78 is 4.65. The largest absolute Gasteiger partial charge is 0.480 e. The van der Waals surface area contributed by atoms with Gasteiger partial charge in [-0.05, 0) is 17.9 Å². The Morgan fingerprint density at radius 1 is 1.12 bits per heavy atom. The number of benzene rings is 1. The van der Waals surface area contributed by atoms with Crippen molar-refractivity contribution in [2.24, 2.45) is 5.92 Å². The summed E-state index contributed by atoms with van der Waals surface area (Å²) in [6.07, 6.45) is 0.189. The van der Waals surface area contributed by atoms with Crippen LogP contribution in [0.4, 0.5) is 0 Å². The molecule has 9 nitrogen and oxygen atoms in total. The second kappa shape index (κ2) is 14.3. The monoisotopic (exact) mass is 480 g/mol. The van der Waals surface area contributed by atoms with E-state index >= 15 is 0 Å². The van der Waals surface area contributed by atoms with E-state index in [1.807, 2.05) is 13.8 Å². The number of nitrogens with zero attached hydrogens (tertiary/aromatic N) is 1. The van der Waals surface area contributed by atoms with Gasteiger partial charge in [0.25, 0.3) is 0 Å². The minimum absolute atomic E-state index is 0.00737. The molecule has 0 unspecified atom stereocenters. The molecule has 2 amide bonds. The van der Waals surface area contributed by atoms with Gasteiger partial charge in [0.2, 0.25) is 11.8 Å². The number of aliphatic carboxylic acids is 1. The van der Waals surface area contributed by atoms with Crippen molar-refractivity contribution in [3.8, 4) is 0 Å². The molecule has 1 aromatic rings. The summed E-state index contributed by atoms with van der Waals surface area (Å²) in [5.41, 5.74) is 0.738. The zero-order chi connectivity index (χ0) is 25.0. The zero-order valence-corrected chi connectivity index (χ0v) is 20.2. The molecule has 0 spiro atoms. The van der Waals surface area contributed by atoms with Crippen molar-refractivity contribution in [2.45, 2.75) is 52.1 Å². The van der Waals surface area contributed by atoms with E-state index in [0.717, 1.165) is 17.3 Å². The number of carboxylic acids is 1. The number of carbonyl (C=O) groups is 5. The van der Waals surface area contributed by atoms with Gasteiger partial charge in [0.05, 0.1) is 19.3 Å². The van der Waals surface area contributed by atoms with Crippen LogP contribution in [0.15, 0.2) is 30.3 Å². The van der Waals surface area contributed by atoms with Crippen molar-refractivity contribution in [3.05, 3.63) is 35.9 Å². The summed E-state index contributed by atoms with van der Waals surface area (Å²) in [6.45, 7) is 4.97. The van der Waals surface area contributed by atoms with Crippen LogP contribution in [0.1, 0.15) is 39.2 Å². The first kappa shape index (κ1) is 28.2. The third-order valence-corrected chi connectivity index (χ3v) is 5.57. The van der Waals surface area contributed by atoms with Crippen molar-refractivity contribution in [1.82, 2.24) is 10.2 Å². The SMILES string of the molecule is COC(=O)CCN(C(=O)CSC(C)=O)[C@@H](CC(C)C)C(=O)N[C@@H](Cc1ccccc1)C(=O)O. The number of hydrogen-bond acceptors (Lipinski definition) is 7. The summed E-state index contributed by atoms with van der Waals surface area (Å²) in [4.78, 5) is 62.2. The molecule has 1 aromatic carbocycles. The second-order valence-corrected chi connectivity index (χ2v) is 9.08. The zero-order valence-electron chi connectivity index (χ0n) is 19.4. The number of hydrogen-bond donors (Lipinski definition) is 2. The van der Waals surface area contributed by atoms with Crippen molar-refractivity contribution in [3.63, 3.8) is 0 Å². The topological polar surface area (TPSA) is 130 Å². The number of amides is 2. The molecular formula is C23H32N2O7S. The highest BCUT2D eigenvalue weighted by Crippen LogP contribution is 2.16. The number of rotatable bonds is 13. The Bertz CT molecular complexity index is 829. The molecule has 33 heavy (non-hydrogen) atoms. The Balaban J connectivity index is 3.14. The number of thioether (sulfide) groups is 1. The fourth-order valence-electron chi connectivity index (χ4n) is 3.15. The van der Waals surface area contributed by atoms with E-state index in [9.17, 15) is 29.1 Å². The molecule has 0 aliphatic rings. The van der Waals surface area contributed by atoms with Crippen LogP contribution in [-0.2, 0) is 35.1 Å². The minimum Gasteiger partial charge on any atom is -0.480 e. The Morgan fingerprint density at radius 2 is 1.76 bits per heavy atom. The van der Waals surface area contributed by atoms with Crippen LogP contribution >= 0.6 is 11.8 Å². The number of esters is 1. The Hall–Kier alpha value is -2.88. The lowest BCUT2D eigenvalue weighted by molar-refractivity contribution is -0.146. The maximum absolute atomic E-state index is 13.2. The standard InChI is InChI=1S/C23H32N2O7S/c1-15(2)12-19(25(11-10-21(28)32-4)20(27)14-33-16(3)26)22(29)24-18(23(30)31)13-17-8-6-5-7-9-17/h5-9,15,18-19H,10-14H2,1-4H3,(H,24,29)(H,30,31)/t18-,19-/m0/s1. The normalized spacial score (nSPS) is 12.5. The van der Waals surface area contributed by atoms with Crippen LogP contribution in [0.25, 0.3) is 0 Å². The fraction of sp³-hybridized carbons (Fsp3) is 0.522. The van der Waals surface area contributed by atoms with E-state index in [1.165, 1.54) is 18.9 Å². The summed E-state index contributed by atoms with van der Waals surface area (Å²) >= 11 is 0.804. The van der Waals surface area contributed by atoms with Crippen molar-refractivity contribution in [2.75, 3.05) is 19.4 Å². The van der Waals surface area contributed by atoms with Gasteiger partial charge in [-0.15, -0.1) is 0 Å². The van der Waals surface area contributed by atoms with E-state index in [1.54, 1.807) is 30.3 Å². The molecule has 1 rings (SSSR count). The molecule has 2 N–H and O–H groups in total. The van der Waals surface area contributed by atoms with Crippen molar-refractivity contribution in [1.29, 1.82) is 0 Å². The van der Waals surface area contributed by atoms with Gasteiger partial charge in [-0.3, -0.25) is 19.2 Å². The van der Waals surface area contributed by atoms with Crippen molar-refractivity contribution >= 4 is 40.6 Å². The molecular weight excluding hydrogens is 448 g/mol. The molecule has 182 valence electrons. The molecule has 10 heteroatoms. The Kier molecular flexibility index (Phi) is 12.2. The van der Waals surface area contributed by atoms with Crippen LogP contribution < -0.4 is 5.32 Å². The third kappa shape index (κ3) is 10.5. The van der Waals surface area contributed by atoms with E-state index in [2.05, 4.69) is 10.1 Å². The van der Waals surface area contributed by atoms with E-state index in [-0.39, 0.29) is 42.6 Å². The lowest BCUT2D eigenvalue weighted by atomic mass is 9.99. The van der Waals surface area contributed by atoms with Crippen LogP contribution in [0.2, 0.25) is 0 Å². The van der Waals surface area contributed by atoms with Gasteiger partial charge in [-0.25, -0.2) is 4.79 Å². The Labute approximate surface area is 198 Å². The summed E-state index contributed by atoms with van der Waals surface area (Å²) in [6, 6.07) is 6.68. The van der Waals surface area contributed by atoms with Gasteiger partial charge < -0.3 is 20.1 Å². The second-order valence-electron chi connectivity index (χ2n) is 7.93. The molecule has 0 heterocycles. The average Bonchev–Trinajstić information content (AvgIpc) is 2.76. The molecule has 0 saturated heterocycles.